The molecule has 0 fully saturated rings. The van der Waals surface area contributed by atoms with Gasteiger partial charge in [-0.05, 0) is 37.6 Å². The minimum absolute atomic E-state index is 0.00391. The Labute approximate surface area is 169 Å². The molecular formula is C22H23N3O4. The molecule has 0 aliphatic heterocycles. The van der Waals surface area contributed by atoms with Gasteiger partial charge >= 0.3 is 5.97 Å². The topological polar surface area (TPSA) is 83.3 Å². The van der Waals surface area contributed by atoms with Gasteiger partial charge < -0.3 is 9.47 Å². The first-order valence-corrected chi connectivity index (χ1v) is 9.34. The van der Waals surface area contributed by atoms with E-state index in [4.69, 9.17) is 9.47 Å². The largest absolute Gasteiger partial charge is 0.481 e. The molecule has 2 aromatic heterocycles. The number of esters is 1. The van der Waals surface area contributed by atoms with E-state index < -0.39 is 0 Å². The number of ether oxygens (including phenoxy) is 2. The van der Waals surface area contributed by atoms with Crippen molar-refractivity contribution in [3.63, 3.8) is 0 Å². The van der Waals surface area contributed by atoms with Gasteiger partial charge in [-0.3, -0.25) is 14.3 Å². The maximum atomic E-state index is 12.2. The van der Waals surface area contributed by atoms with Crippen LogP contribution in [0.15, 0.2) is 54.9 Å². The number of pyridine rings is 1. The second kappa shape index (κ2) is 9.14. The average molecular weight is 393 g/mol. The molecule has 29 heavy (non-hydrogen) atoms. The van der Waals surface area contributed by atoms with Gasteiger partial charge in [0.05, 0.1) is 31.9 Å². The predicted octanol–water partition coefficient (Wildman–Crippen LogP) is 3.70. The van der Waals surface area contributed by atoms with Crippen LogP contribution >= 0.6 is 0 Å². The molecule has 3 rings (SSSR count). The summed E-state index contributed by atoms with van der Waals surface area (Å²) in [5.41, 5.74) is 2.98. The Balaban J connectivity index is 1.94. The monoisotopic (exact) mass is 393 g/mol. The van der Waals surface area contributed by atoms with Gasteiger partial charge in [-0.1, -0.05) is 18.2 Å². The molecule has 2 heterocycles. The fourth-order valence-corrected chi connectivity index (χ4v) is 3.01. The Hall–Kier alpha value is -3.48. The number of aromatic nitrogens is 3. The van der Waals surface area contributed by atoms with E-state index in [1.807, 2.05) is 36.5 Å². The summed E-state index contributed by atoms with van der Waals surface area (Å²) < 4.78 is 12.0. The average Bonchev–Trinajstić information content (AvgIpc) is 3.22. The maximum absolute atomic E-state index is 12.2. The summed E-state index contributed by atoms with van der Waals surface area (Å²) in [6, 6.07) is 12.4. The summed E-state index contributed by atoms with van der Waals surface area (Å²) in [7, 11) is 1.55. The number of Topliss-reactive ketones (excluding diaryl/α,β-unsaturated/α-hetero) is 1. The van der Waals surface area contributed by atoms with Crippen molar-refractivity contribution >= 4 is 11.8 Å². The van der Waals surface area contributed by atoms with Crippen LogP contribution in [0.1, 0.15) is 42.2 Å². The van der Waals surface area contributed by atoms with E-state index in [1.54, 1.807) is 37.0 Å². The fraction of sp³-hybridized carbons (Fsp3) is 0.273. The lowest BCUT2D eigenvalue weighted by Gasteiger charge is -2.17. The Kier molecular flexibility index (Phi) is 6.39. The number of benzene rings is 1. The molecule has 1 aromatic carbocycles. The molecule has 0 aliphatic carbocycles. The highest BCUT2D eigenvalue weighted by atomic mass is 16.5. The smallest absolute Gasteiger partial charge is 0.308 e. The molecule has 7 nitrogen and oxygen atoms in total. The molecule has 1 unspecified atom stereocenters. The summed E-state index contributed by atoms with van der Waals surface area (Å²) >= 11 is 0. The van der Waals surface area contributed by atoms with Crippen molar-refractivity contribution in [3.8, 4) is 17.1 Å². The first-order chi connectivity index (χ1) is 14.0. The number of rotatable bonds is 8. The molecule has 0 N–H and O–H groups in total. The van der Waals surface area contributed by atoms with Gasteiger partial charge in [-0.15, -0.1) is 0 Å². The zero-order valence-corrected chi connectivity index (χ0v) is 16.7. The maximum Gasteiger partial charge on any atom is 0.308 e. The third-order valence-electron chi connectivity index (χ3n) is 4.51. The molecule has 150 valence electrons. The number of nitrogens with zero attached hydrogens (tertiary/aromatic N) is 3. The minimum atomic E-state index is -0.378. The van der Waals surface area contributed by atoms with Crippen LogP contribution in [0.2, 0.25) is 0 Å². The van der Waals surface area contributed by atoms with E-state index in [0.717, 1.165) is 11.1 Å². The number of hydrogen-bond donors (Lipinski definition) is 0. The molecule has 0 saturated heterocycles. The Morgan fingerprint density at radius 2 is 2.00 bits per heavy atom. The van der Waals surface area contributed by atoms with Crippen LogP contribution in [0, 0.1) is 0 Å². The highest BCUT2D eigenvalue weighted by Crippen LogP contribution is 2.26. The number of carbonyl (C=O) groups is 2. The zero-order chi connectivity index (χ0) is 20.8. The van der Waals surface area contributed by atoms with Crippen molar-refractivity contribution in [2.24, 2.45) is 0 Å². The summed E-state index contributed by atoms with van der Waals surface area (Å²) in [5, 5.41) is 4.65. The van der Waals surface area contributed by atoms with Crippen molar-refractivity contribution in [1.82, 2.24) is 14.8 Å². The van der Waals surface area contributed by atoms with E-state index >= 15 is 0 Å². The van der Waals surface area contributed by atoms with Gasteiger partial charge in [-0.2, -0.15) is 5.10 Å². The van der Waals surface area contributed by atoms with Crippen LogP contribution < -0.4 is 4.74 Å². The minimum Gasteiger partial charge on any atom is -0.481 e. The predicted molar refractivity (Wildman–Crippen MR) is 108 cm³/mol. The summed E-state index contributed by atoms with van der Waals surface area (Å²) in [6.07, 6.45) is 3.60. The standard InChI is InChI=1S/C22H23N3O4/c1-4-29-22(27)13-20(18-8-9-21(28-3)23-14-18)25-11-10-19(24-25)17-7-5-6-16(12-17)15(2)26/h5-12,14,20H,4,13H2,1-3H3. The molecule has 0 amide bonds. The van der Waals surface area contributed by atoms with Gasteiger partial charge in [0.15, 0.2) is 5.78 Å². The summed E-state index contributed by atoms with van der Waals surface area (Å²) in [6.45, 7) is 3.62. The molecule has 0 saturated carbocycles. The van der Waals surface area contributed by atoms with Crippen molar-refractivity contribution in [2.75, 3.05) is 13.7 Å². The van der Waals surface area contributed by atoms with Gasteiger partial charge in [0.2, 0.25) is 5.88 Å². The van der Waals surface area contributed by atoms with Gasteiger partial charge in [-0.25, -0.2) is 4.98 Å². The summed E-state index contributed by atoms with van der Waals surface area (Å²) in [4.78, 5) is 28.1. The third kappa shape index (κ3) is 4.87. The van der Waals surface area contributed by atoms with E-state index in [0.29, 0.717) is 23.7 Å². The third-order valence-corrected chi connectivity index (χ3v) is 4.51. The number of methoxy groups -OCH3 is 1. The van der Waals surface area contributed by atoms with Crippen molar-refractivity contribution in [1.29, 1.82) is 0 Å². The second-order valence-corrected chi connectivity index (χ2v) is 6.48. The quantitative estimate of drug-likeness (QED) is 0.429. The van der Waals surface area contributed by atoms with Crippen LogP contribution in [0.3, 0.4) is 0 Å². The van der Waals surface area contributed by atoms with E-state index in [-0.39, 0.29) is 24.2 Å². The molecule has 1 atom stereocenters. The van der Waals surface area contributed by atoms with Crippen LogP contribution in [-0.2, 0) is 9.53 Å². The highest BCUT2D eigenvalue weighted by molar-refractivity contribution is 5.95. The van der Waals surface area contributed by atoms with E-state index in [1.165, 1.54) is 6.92 Å². The summed E-state index contributed by atoms with van der Waals surface area (Å²) in [5.74, 6) is 0.172. The lowest BCUT2D eigenvalue weighted by molar-refractivity contribution is -0.143. The highest BCUT2D eigenvalue weighted by Gasteiger charge is 2.21. The fourth-order valence-electron chi connectivity index (χ4n) is 3.01. The van der Waals surface area contributed by atoms with Crippen molar-refractivity contribution < 1.29 is 19.1 Å². The van der Waals surface area contributed by atoms with Crippen molar-refractivity contribution in [3.05, 3.63) is 66.0 Å². The van der Waals surface area contributed by atoms with E-state index in [2.05, 4.69) is 10.1 Å². The first-order valence-electron chi connectivity index (χ1n) is 9.34. The Morgan fingerprint density at radius 3 is 2.66 bits per heavy atom. The number of ketones is 1. The second-order valence-electron chi connectivity index (χ2n) is 6.48. The zero-order valence-electron chi connectivity index (χ0n) is 16.7. The van der Waals surface area contributed by atoms with Gasteiger partial charge in [0, 0.05) is 29.6 Å². The van der Waals surface area contributed by atoms with Gasteiger partial charge in [0.25, 0.3) is 0 Å². The van der Waals surface area contributed by atoms with E-state index in [9.17, 15) is 9.59 Å². The first kappa shape index (κ1) is 20.3. The molecule has 0 spiro atoms. The lowest BCUT2D eigenvalue weighted by Crippen LogP contribution is -2.18. The molecule has 3 aromatic rings. The Morgan fingerprint density at radius 1 is 1.17 bits per heavy atom. The molecular weight excluding hydrogens is 370 g/mol. The normalized spacial score (nSPS) is 11.7. The number of carbonyl (C=O) groups excluding carboxylic acids is 2. The molecule has 0 bridgehead atoms. The lowest BCUT2D eigenvalue weighted by atomic mass is 10.1. The SMILES string of the molecule is CCOC(=O)CC(c1ccc(OC)nc1)n1ccc(-c2cccc(C(C)=O)c2)n1. The molecule has 0 radical (unpaired) electrons. The van der Waals surface area contributed by atoms with Crippen molar-refractivity contribution in [2.45, 2.75) is 26.3 Å². The Bertz CT molecular complexity index is 995. The van der Waals surface area contributed by atoms with Crippen LogP contribution in [-0.4, -0.2) is 40.2 Å². The van der Waals surface area contributed by atoms with Crippen LogP contribution in [0.4, 0.5) is 0 Å². The molecule has 7 heteroatoms. The van der Waals surface area contributed by atoms with Crippen LogP contribution in [0.5, 0.6) is 5.88 Å². The molecule has 0 aliphatic rings. The number of hydrogen-bond acceptors (Lipinski definition) is 6. The van der Waals surface area contributed by atoms with Crippen LogP contribution in [0.25, 0.3) is 11.3 Å². The van der Waals surface area contributed by atoms with Gasteiger partial charge in [0.1, 0.15) is 0 Å².